The molecule has 0 aromatic heterocycles. The SMILES string of the molecule is CC(=O)OO[C@H](C=O)[C@H](O)[C@H](O)CO. The lowest BCUT2D eigenvalue weighted by atomic mass is 10.1. The molecule has 0 radical (unpaired) electrons. The highest BCUT2D eigenvalue weighted by molar-refractivity contribution is 5.65. The summed E-state index contributed by atoms with van der Waals surface area (Å²) in [5.41, 5.74) is 0. The van der Waals surface area contributed by atoms with Gasteiger partial charge >= 0.3 is 5.97 Å². The summed E-state index contributed by atoms with van der Waals surface area (Å²) in [5, 5.41) is 26.5. The van der Waals surface area contributed by atoms with Crippen LogP contribution in [0.25, 0.3) is 0 Å². The van der Waals surface area contributed by atoms with Gasteiger partial charge in [0.05, 0.1) is 6.61 Å². The van der Waals surface area contributed by atoms with E-state index in [0.717, 1.165) is 6.92 Å². The van der Waals surface area contributed by atoms with Crippen molar-refractivity contribution in [2.45, 2.75) is 25.2 Å². The van der Waals surface area contributed by atoms with Gasteiger partial charge in [0.1, 0.15) is 12.2 Å². The standard InChI is InChI=1S/C7H12O7/c1-4(10)13-14-6(3-9)7(12)5(11)2-8/h3,5-8,11-12H,2H2,1H3/t5-,6-,7-/m1/s1. The molecule has 3 N–H and O–H groups in total. The molecule has 82 valence electrons. The van der Waals surface area contributed by atoms with Crippen molar-refractivity contribution in [3.63, 3.8) is 0 Å². The van der Waals surface area contributed by atoms with Crippen LogP contribution < -0.4 is 0 Å². The molecule has 0 saturated carbocycles. The molecule has 3 atom stereocenters. The van der Waals surface area contributed by atoms with E-state index < -0.39 is 30.9 Å². The van der Waals surface area contributed by atoms with E-state index in [9.17, 15) is 9.59 Å². The van der Waals surface area contributed by atoms with Gasteiger partial charge in [-0.05, 0) is 0 Å². The Morgan fingerprint density at radius 1 is 1.50 bits per heavy atom. The lowest BCUT2D eigenvalue weighted by molar-refractivity contribution is -0.304. The first-order valence-electron chi connectivity index (χ1n) is 3.79. The Bertz CT molecular complexity index is 192. The fraction of sp³-hybridized carbons (Fsp3) is 0.714. The van der Waals surface area contributed by atoms with E-state index in [-0.39, 0.29) is 6.29 Å². The first-order valence-corrected chi connectivity index (χ1v) is 3.79. The number of rotatable bonds is 6. The minimum atomic E-state index is -1.66. The van der Waals surface area contributed by atoms with Crippen LogP contribution >= 0.6 is 0 Å². The maximum Gasteiger partial charge on any atom is 0.339 e. The van der Waals surface area contributed by atoms with E-state index in [1.807, 2.05) is 0 Å². The van der Waals surface area contributed by atoms with Crippen molar-refractivity contribution in [2.24, 2.45) is 0 Å². The summed E-state index contributed by atoms with van der Waals surface area (Å²) in [6, 6.07) is 0. The molecule has 0 aliphatic carbocycles. The van der Waals surface area contributed by atoms with E-state index in [0.29, 0.717) is 0 Å². The average Bonchev–Trinajstić information content (AvgIpc) is 2.16. The van der Waals surface area contributed by atoms with Crippen molar-refractivity contribution in [1.82, 2.24) is 0 Å². The van der Waals surface area contributed by atoms with Crippen molar-refractivity contribution in [3.05, 3.63) is 0 Å². The minimum Gasteiger partial charge on any atom is -0.394 e. The molecule has 0 aromatic carbocycles. The van der Waals surface area contributed by atoms with Gasteiger partial charge in [0.25, 0.3) is 0 Å². The number of carbonyl (C=O) groups is 2. The van der Waals surface area contributed by atoms with Crippen LogP contribution in [0.5, 0.6) is 0 Å². The largest absolute Gasteiger partial charge is 0.394 e. The van der Waals surface area contributed by atoms with Gasteiger partial charge in [-0.2, -0.15) is 4.89 Å². The Hall–Kier alpha value is -1.02. The van der Waals surface area contributed by atoms with E-state index in [1.54, 1.807) is 0 Å². The van der Waals surface area contributed by atoms with Crippen LogP contribution in [-0.4, -0.2) is 52.5 Å². The summed E-state index contributed by atoms with van der Waals surface area (Å²) in [4.78, 5) is 28.8. The van der Waals surface area contributed by atoms with Crippen LogP contribution in [0.2, 0.25) is 0 Å². The molecule has 0 fully saturated rings. The van der Waals surface area contributed by atoms with Crippen molar-refractivity contribution >= 4 is 12.3 Å². The fourth-order valence-electron chi connectivity index (χ4n) is 0.610. The molecule has 7 heteroatoms. The third-order valence-corrected chi connectivity index (χ3v) is 1.33. The summed E-state index contributed by atoms with van der Waals surface area (Å²) in [6.45, 7) is 0.297. The van der Waals surface area contributed by atoms with Crippen molar-refractivity contribution in [1.29, 1.82) is 0 Å². The zero-order valence-electron chi connectivity index (χ0n) is 7.49. The van der Waals surface area contributed by atoms with E-state index in [1.165, 1.54) is 0 Å². The van der Waals surface area contributed by atoms with E-state index in [2.05, 4.69) is 9.78 Å². The number of hydrogen-bond donors (Lipinski definition) is 3. The summed E-state index contributed by atoms with van der Waals surface area (Å²) < 4.78 is 0. The molecule has 0 unspecified atom stereocenters. The second-order valence-electron chi connectivity index (χ2n) is 2.51. The Morgan fingerprint density at radius 2 is 2.07 bits per heavy atom. The summed E-state index contributed by atoms with van der Waals surface area (Å²) in [6.07, 6.45) is -4.58. The van der Waals surface area contributed by atoms with Gasteiger partial charge in [0, 0.05) is 6.92 Å². The quantitative estimate of drug-likeness (QED) is 0.257. The van der Waals surface area contributed by atoms with Gasteiger partial charge < -0.3 is 20.1 Å². The van der Waals surface area contributed by atoms with E-state index in [4.69, 9.17) is 15.3 Å². The molecule has 0 aliphatic rings. The molecule has 0 bridgehead atoms. The molecule has 0 aromatic rings. The molecular weight excluding hydrogens is 196 g/mol. The zero-order valence-corrected chi connectivity index (χ0v) is 7.49. The Morgan fingerprint density at radius 3 is 2.43 bits per heavy atom. The first kappa shape index (κ1) is 13.0. The van der Waals surface area contributed by atoms with Gasteiger partial charge in [-0.3, -0.25) is 4.89 Å². The lowest BCUT2D eigenvalue weighted by Crippen LogP contribution is -2.42. The molecule has 7 nitrogen and oxygen atoms in total. The average molecular weight is 208 g/mol. The van der Waals surface area contributed by atoms with Gasteiger partial charge in [0.2, 0.25) is 0 Å². The topological polar surface area (TPSA) is 113 Å². The predicted octanol–water partition coefficient (Wildman–Crippen LogP) is -2.24. The fourth-order valence-corrected chi connectivity index (χ4v) is 0.610. The molecular formula is C7H12O7. The number of aliphatic hydroxyl groups excluding tert-OH is 3. The van der Waals surface area contributed by atoms with Crippen LogP contribution in [0.4, 0.5) is 0 Å². The van der Waals surface area contributed by atoms with Gasteiger partial charge in [0.15, 0.2) is 12.4 Å². The van der Waals surface area contributed by atoms with Gasteiger partial charge in [-0.1, -0.05) is 0 Å². The number of carbonyl (C=O) groups excluding carboxylic acids is 2. The third kappa shape index (κ3) is 4.28. The van der Waals surface area contributed by atoms with E-state index >= 15 is 0 Å². The number of hydrogen-bond acceptors (Lipinski definition) is 7. The molecule has 0 rings (SSSR count). The zero-order chi connectivity index (χ0) is 11.1. The minimum absolute atomic E-state index is 0.145. The van der Waals surface area contributed by atoms with Crippen LogP contribution in [0.1, 0.15) is 6.92 Å². The lowest BCUT2D eigenvalue weighted by Gasteiger charge is -2.19. The van der Waals surface area contributed by atoms with Gasteiger partial charge in [-0.25, -0.2) is 4.79 Å². The molecule has 14 heavy (non-hydrogen) atoms. The number of aliphatic hydroxyl groups is 3. The molecule has 0 aliphatic heterocycles. The molecule has 0 heterocycles. The Kier molecular flexibility index (Phi) is 5.97. The molecule has 0 saturated heterocycles. The van der Waals surface area contributed by atoms with Crippen LogP contribution in [-0.2, 0) is 19.4 Å². The monoisotopic (exact) mass is 208 g/mol. The van der Waals surface area contributed by atoms with Crippen LogP contribution in [0, 0.1) is 0 Å². The maximum atomic E-state index is 10.3. The second-order valence-corrected chi connectivity index (χ2v) is 2.51. The Labute approximate surface area is 79.8 Å². The van der Waals surface area contributed by atoms with Crippen molar-refractivity contribution in [2.75, 3.05) is 6.61 Å². The normalized spacial score (nSPS) is 16.9. The van der Waals surface area contributed by atoms with Crippen molar-refractivity contribution in [3.8, 4) is 0 Å². The van der Waals surface area contributed by atoms with Gasteiger partial charge in [-0.15, -0.1) is 0 Å². The Balaban J connectivity index is 4.11. The maximum absolute atomic E-state index is 10.3. The molecule has 0 spiro atoms. The highest BCUT2D eigenvalue weighted by Gasteiger charge is 2.28. The summed E-state index contributed by atoms with van der Waals surface area (Å²) in [5.74, 6) is -0.803. The first-order chi connectivity index (χ1) is 6.52. The number of aldehydes is 1. The molecule has 0 amide bonds. The smallest absolute Gasteiger partial charge is 0.339 e. The highest BCUT2D eigenvalue weighted by atomic mass is 17.2. The predicted molar refractivity (Wildman–Crippen MR) is 41.8 cm³/mol. The van der Waals surface area contributed by atoms with Crippen molar-refractivity contribution < 1.29 is 34.7 Å². The highest BCUT2D eigenvalue weighted by Crippen LogP contribution is 2.03. The third-order valence-electron chi connectivity index (χ3n) is 1.33. The second kappa shape index (κ2) is 6.44. The van der Waals surface area contributed by atoms with Crippen LogP contribution in [0.15, 0.2) is 0 Å². The summed E-state index contributed by atoms with van der Waals surface area (Å²) in [7, 11) is 0. The van der Waals surface area contributed by atoms with Crippen LogP contribution in [0.3, 0.4) is 0 Å². The summed E-state index contributed by atoms with van der Waals surface area (Å²) >= 11 is 0.